The molecule has 1 aromatic carbocycles. The number of hydrogen-bond acceptors (Lipinski definition) is 5. The molecule has 1 aliphatic heterocycles. The van der Waals surface area contributed by atoms with E-state index in [0.29, 0.717) is 5.78 Å². The second kappa shape index (κ2) is 7.18. The maximum absolute atomic E-state index is 4.65. The number of rotatable bonds is 4. The maximum atomic E-state index is 4.65. The average molecular weight is 364 g/mol. The molecule has 0 bridgehead atoms. The summed E-state index contributed by atoms with van der Waals surface area (Å²) in [4.78, 5) is 13.9. The van der Waals surface area contributed by atoms with E-state index in [2.05, 4.69) is 70.8 Å². The van der Waals surface area contributed by atoms with Gasteiger partial charge in [-0.2, -0.15) is 14.6 Å². The zero-order chi connectivity index (χ0) is 19.0. The molecule has 0 saturated carbocycles. The molecule has 0 unspecified atom stereocenters. The number of benzene rings is 1. The molecule has 142 valence electrons. The molecule has 1 fully saturated rings. The van der Waals surface area contributed by atoms with Gasteiger partial charge in [-0.05, 0) is 44.4 Å². The van der Waals surface area contributed by atoms with Gasteiger partial charge in [-0.1, -0.05) is 25.5 Å². The first-order valence-electron chi connectivity index (χ1n) is 9.85. The third-order valence-electron chi connectivity index (χ3n) is 5.70. The number of hydrogen-bond donors (Lipinski definition) is 0. The first-order chi connectivity index (χ1) is 13.1. The Morgan fingerprint density at radius 2 is 1.74 bits per heavy atom. The maximum Gasteiger partial charge on any atom is 0.254 e. The molecule has 1 aliphatic rings. The molecule has 0 amide bonds. The summed E-state index contributed by atoms with van der Waals surface area (Å²) >= 11 is 0. The van der Waals surface area contributed by atoms with Crippen LogP contribution in [0.25, 0.3) is 5.78 Å². The fourth-order valence-corrected chi connectivity index (χ4v) is 4.07. The molecule has 0 radical (unpaired) electrons. The minimum absolute atomic E-state index is 0.694. The van der Waals surface area contributed by atoms with Crippen LogP contribution >= 0.6 is 0 Å². The normalized spacial score (nSPS) is 15.0. The van der Waals surface area contributed by atoms with E-state index in [4.69, 9.17) is 0 Å². The predicted molar refractivity (Wildman–Crippen MR) is 110 cm³/mol. The van der Waals surface area contributed by atoms with E-state index in [-0.39, 0.29) is 0 Å². The van der Waals surface area contributed by atoms with E-state index in [1.165, 1.54) is 28.2 Å². The molecule has 0 aliphatic carbocycles. The minimum atomic E-state index is 0.694. The predicted octanol–water partition coefficient (Wildman–Crippen LogP) is 3.33. The Labute approximate surface area is 160 Å². The highest BCUT2D eigenvalue weighted by Gasteiger charge is 2.24. The fraction of sp³-hybridized carbons (Fsp3) is 0.476. The molecule has 1 saturated heterocycles. The van der Waals surface area contributed by atoms with Gasteiger partial charge in [0.1, 0.15) is 12.1 Å². The summed E-state index contributed by atoms with van der Waals surface area (Å²) in [6.07, 6.45) is 3.71. The van der Waals surface area contributed by atoms with Crippen molar-refractivity contribution in [2.75, 3.05) is 36.0 Å². The minimum Gasteiger partial charge on any atom is -0.368 e. The first kappa shape index (κ1) is 17.8. The third-order valence-corrected chi connectivity index (χ3v) is 5.70. The van der Waals surface area contributed by atoms with Crippen LogP contribution in [0.3, 0.4) is 0 Å². The average Bonchev–Trinajstić information content (AvgIpc) is 3.13. The van der Waals surface area contributed by atoms with Crippen molar-refractivity contribution < 1.29 is 0 Å². The lowest BCUT2D eigenvalue weighted by Gasteiger charge is -2.38. The van der Waals surface area contributed by atoms with E-state index < -0.39 is 0 Å². The number of nitrogens with zero attached hydrogens (tertiary/aromatic N) is 6. The van der Waals surface area contributed by atoms with Crippen LogP contribution in [0.2, 0.25) is 0 Å². The smallest absolute Gasteiger partial charge is 0.254 e. The molecular weight excluding hydrogens is 336 g/mol. The van der Waals surface area contributed by atoms with Crippen LogP contribution in [0.4, 0.5) is 11.5 Å². The van der Waals surface area contributed by atoms with Gasteiger partial charge in [0.25, 0.3) is 5.78 Å². The van der Waals surface area contributed by atoms with Crippen LogP contribution in [-0.4, -0.2) is 45.8 Å². The second-order valence-electron chi connectivity index (χ2n) is 7.41. The van der Waals surface area contributed by atoms with Gasteiger partial charge in [0.15, 0.2) is 0 Å². The zero-order valence-corrected chi connectivity index (χ0v) is 16.7. The summed E-state index contributed by atoms with van der Waals surface area (Å²) in [5.74, 6) is 1.87. The summed E-state index contributed by atoms with van der Waals surface area (Å²) in [5.41, 5.74) is 6.48. The number of aromatic nitrogens is 4. The van der Waals surface area contributed by atoms with Gasteiger partial charge in [-0.15, -0.1) is 0 Å². The fourth-order valence-electron chi connectivity index (χ4n) is 4.07. The van der Waals surface area contributed by atoms with Crippen molar-refractivity contribution in [2.24, 2.45) is 0 Å². The van der Waals surface area contributed by atoms with Crippen LogP contribution < -0.4 is 9.80 Å². The molecule has 3 heterocycles. The van der Waals surface area contributed by atoms with Crippen LogP contribution in [-0.2, 0) is 6.42 Å². The summed E-state index contributed by atoms with van der Waals surface area (Å²) in [6, 6.07) is 6.59. The molecule has 0 N–H and O–H groups in total. The van der Waals surface area contributed by atoms with Crippen LogP contribution in [0.15, 0.2) is 24.5 Å². The van der Waals surface area contributed by atoms with Gasteiger partial charge >= 0.3 is 0 Å². The standard InChI is InChI=1S/C21H28N6/c1-5-7-18-17(4)24-21-22-14-23-27(21)20(18)26-12-10-25(11-13-26)19-9-6-8-15(2)16(19)3/h6,8-9,14H,5,7,10-13H2,1-4H3. The first-order valence-corrected chi connectivity index (χ1v) is 9.85. The third kappa shape index (κ3) is 3.13. The van der Waals surface area contributed by atoms with Gasteiger partial charge in [-0.3, -0.25) is 0 Å². The van der Waals surface area contributed by atoms with Gasteiger partial charge in [0, 0.05) is 43.1 Å². The quantitative estimate of drug-likeness (QED) is 0.711. The Kier molecular flexibility index (Phi) is 4.72. The highest BCUT2D eigenvalue weighted by molar-refractivity contribution is 5.59. The molecule has 4 rings (SSSR count). The summed E-state index contributed by atoms with van der Waals surface area (Å²) in [5, 5.41) is 4.47. The van der Waals surface area contributed by atoms with E-state index >= 15 is 0 Å². The van der Waals surface area contributed by atoms with E-state index in [9.17, 15) is 0 Å². The largest absolute Gasteiger partial charge is 0.368 e. The highest BCUT2D eigenvalue weighted by Crippen LogP contribution is 2.28. The molecule has 0 atom stereocenters. The number of aryl methyl sites for hydroxylation is 2. The van der Waals surface area contributed by atoms with E-state index in [1.54, 1.807) is 6.33 Å². The Balaban J connectivity index is 1.64. The summed E-state index contributed by atoms with van der Waals surface area (Å²) < 4.78 is 1.92. The number of anilines is 2. The Hall–Kier alpha value is -2.63. The van der Waals surface area contributed by atoms with Crippen LogP contribution in [0.5, 0.6) is 0 Å². The topological polar surface area (TPSA) is 49.6 Å². The molecule has 6 heteroatoms. The molecule has 6 nitrogen and oxygen atoms in total. The summed E-state index contributed by atoms with van der Waals surface area (Å²) in [7, 11) is 0. The van der Waals surface area contributed by atoms with Gasteiger partial charge in [0.05, 0.1) is 0 Å². The van der Waals surface area contributed by atoms with Crippen molar-refractivity contribution in [3.63, 3.8) is 0 Å². The molecular formula is C21H28N6. The van der Waals surface area contributed by atoms with Crippen molar-refractivity contribution >= 4 is 17.3 Å². The number of piperazine rings is 1. The van der Waals surface area contributed by atoms with Crippen molar-refractivity contribution in [3.8, 4) is 0 Å². The Morgan fingerprint density at radius 3 is 2.48 bits per heavy atom. The lowest BCUT2D eigenvalue weighted by molar-refractivity contribution is 0.632. The number of fused-ring (bicyclic) bond motifs is 1. The van der Waals surface area contributed by atoms with Crippen LogP contribution in [0, 0.1) is 20.8 Å². The lowest BCUT2D eigenvalue weighted by atomic mass is 10.1. The molecule has 2 aromatic heterocycles. The monoisotopic (exact) mass is 364 g/mol. The van der Waals surface area contributed by atoms with Gasteiger partial charge < -0.3 is 9.80 Å². The van der Waals surface area contributed by atoms with Gasteiger partial charge in [-0.25, -0.2) is 4.98 Å². The summed E-state index contributed by atoms with van der Waals surface area (Å²) in [6.45, 7) is 12.7. The Bertz CT molecular complexity index is 953. The molecule has 27 heavy (non-hydrogen) atoms. The Morgan fingerprint density at radius 1 is 1.00 bits per heavy atom. The van der Waals surface area contributed by atoms with Crippen LogP contribution in [0.1, 0.15) is 35.7 Å². The van der Waals surface area contributed by atoms with E-state index in [0.717, 1.165) is 44.7 Å². The highest BCUT2D eigenvalue weighted by atomic mass is 15.4. The van der Waals surface area contributed by atoms with Crippen molar-refractivity contribution in [3.05, 3.63) is 46.9 Å². The van der Waals surface area contributed by atoms with Crippen molar-refractivity contribution in [1.29, 1.82) is 0 Å². The zero-order valence-electron chi connectivity index (χ0n) is 16.7. The van der Waals surface area contributed by atoms with E-state index in [1.807, 2.05) is 4.52 Å². The molecule has 0 spiro atoms. The second-order valence-corrected chi connectivity index (χ2v) is 7.41. The lowest BCUT2D eigenvalue weighted by Crippen LogP contribution is -2.47. The van der Waals surface area contributed by atoms with Gasteiger partial charge in [0.2, 0.25) is 0 Å². The SMILES string of the molecule is CCCc1c(C)nc2ncnn2c1N1CCN(c2cccc(C)c2C)CC1. The van der Waals surface area contributed by atoms with Crippen molar-refractivity contribution in [2.45, 2.75) is 40.5 Å². The van der Waals surface area contributed by atoms with Crippen molar-refractivity contribution in [1.82, 2.24) is 19.6 Å². The molecule has 3 aromatic rings.